The predicted octanol–water partition coefficient (Wildman–Crippen LogP) is 1.42. The molecule has 0 aromatic heterocycles. The van der Waals surface area contributed by atoms with Gasteiger partial charge in [-0.1, -0.05) is 0 Å². The molecule has 0 aliphatic rings. The Morgan fingerprint density at radius 3 is 2.40 bits per heavy atom. The standard InChI is InChI=1S/C6H8N2OS/c7-5-2-1-4(10-9)3-6(5)8/h1-3,9H,7-8H2. The van der Waals surface area contributed by atoms with Crippen LogP contribution >= 0.6 is 12.0 Å². The normalized spacial score (nSPS) is 9.70. The molecule has 0 aliphatic heterocycles. The van der Waals surface area contributed by atoms with Crippen LogP contribution in [0.1, 0.15) is 0 Å². The molecular formula is C6H8N2OS. The first-order valence-electron chi connectivity index (χ1n) is 2.70. The fourth-order valence-corrected chi connectivity index (χ4v) is 0.918. The van der Waals surface area contributed by atoms with Crippen LogP contribution in [0.3, 0.4) is 0 Å². The highest BCUT2D eigenvalue weighted by Crippen LogP contribution is 2.21. The van der Waals surface area contributed by atoms with Crippen LogP contribution in [0.25, 0.3) is 0 Å². The average Bonchev–Trinajstić information content (AvgIpc) is 1.95. The second kappa shape index (κ2) is 2.81. The SMILES string of the molecule is Nc1ccc(SO)cc1N. The minimum atomic E-state index is 0.499. The number of hydrogen-bond acceptors (Lipinski definition) is 4. The third-order valence-corrected chi connectivity index (χ3v) is 1.63. The molecule has 0 fully saturated rings. The number of nitrogens with two attached hydrogens (primary N) is 2. The molecule has 54 valence electrons. The van der Waals surface area contributed by atoms with Gasteiger partial charge in [0.25, 0.3) is 0 Å². The van der Waals surface area contributed by atoms with E-state index in [0.717, 1.165) is 0 Å². The van der Waals surface area contributed by atoms with Gasteiger partial charge in [-0.3, -0.25) is 0 Å². The van der Waals surface area contributed by atoms with E-state index in [1.54, 1.807) is 18.2 Å². The number of hydrogen-bond donors (Lipinski definition) is 3. The maximum atomic E-state index is 8.57. The van der Waals surface area contributed by atoms with Gasteiger partial charge >= 0.3 is 0 Å². The van der Waals surface area contributed by atoms with Gasteiger partial charge in [-0.15, -0.1) is 0 Å². The lowest BCUT2D eigenvalue weighted by atomic mass is 10.3. The van der Waals surface area contributed by atoms with Crippen LogP contribution in [0.4, 0.5) is 11.4 Å². The van der Waals surface area contributed by atoms with E-state index in [-0.39, 0.29) is 0 Å². The molecule has 0 bridgehead atoms. The molecular weight excluding hydrogens is 148 g/mol. The van der Waals surface area contributed by atoms with Gasteiger partial charge < -0.3 is 16.0 Å². The Kier molecular flexibility index (Phi) is 2.03. The van der Waals surface area contributed by atoms with Crippen molar-refractivity contribution in [3.05, 3.63) is 18.2 Å². The molecule has 3 nitrogen and oxygen atoms in total. The van der Waals surface area contributed by atoms with Gasteiger partial charge in [0.2, 0.25) is 0 Å². The topological polar surface area (TPSA) is 72.3 Å². The smallest absolute Gasteiger partial charge is 0.0559 e. The summed E-state index contributed by atoms with van der Waals surface area (Å²) >= 11 is 0.656. The molecule has 0 heterocycles. The quantitative estimate of drug-likeness (QED) is 0.424. The largest absolute Gasteiger partial charge is 0.397 e. The first-order valence-corrected chi connectivity index (χ1v) is 3.48. The van der Waals surface area contributed by atoms with Crippen LogP contribution in [0.2, 0.25) is 0 Å². The molecule has 4 heteroatoms. The summed E-state index contributed by atoms with van der Waals surface area (Å²) in [6.45, 7) is 0. The Labute approximate surface area is 63.2 Å². The first kappa shape index (κ1) is 7.24. The second-order valence-electron chi connectivity index (χ2n) is 1.88. The fraction of sp³-hybridized carbons (Fsp3) is 0. The van der Waals surface area contributed by atoms with Crippen molar-refractivity contribution in [3.8, 4) is 0 Å². The Balaban J connectivity index is 3.04. The first-order chi connectivity index (χ1) is 4.74. The molecule has 5 N–H and O–H groups in total. The summed E-state index contributed by atoms with van der Waals surface area (Å²) in [7, 11) is 0. The number of anilines is 2. The monoisotopic (exact) mass is 156 g/mol. The minimum Gasteiger partial charge on any atom is -0.397 e. The molecule has 10 heavy (non-hydrogen) atoms. The third-order valence-electron chi connectivity index (χ3n) is 1.16. The van der Waals surface area contributed by atoms with E-state index in [1.165, 1.54) is 0 Å². The van der Waals surface area contributed by atoms with Crippen LogP contribution in [0.5, 0.6) is 0 Å². The fourth-order valence-electron chi connectivity index (χ4n) is 0.610. The summed E-state index contributed by atoms with van der Waals surface area (Å²) in [6, 6.07) is 4.99. The van der Waals surface area contributed by atoms with Crippen molar-refractivity contribution in [3.63, 3.8) is 0 Å². The molecule has 0 unspecified atom stereocenters. The summed E-state index contributed by atoms with van der Waals surface area (Å²) in [5, 5.41) is 0. The Morgan fingerprint density at radius 1 is 1.20 bits per heavy atom. The van der Waals surface area contributed by atoms with Gasteiger partial charge in [-0.2, -0.15) is 0 Å². The van der Waals surface area contributed by atoms with Crippen LogP contribution in [-0.2, 0) is 0 Å². The van der Waals surface area contributed by atoms with Crippen molar-refractivity contribution >= 4 is 23.4 Å². The highest BCUT2D eigenvalue weighted by atomic mass is 32.2. The van der Waals surface area contributed by atoms with Gasteiger partial charge in [0.1, 0.15) is 0 Å². The van der Waals surface area contributed by atoms with E-state index >= 15 is 0 Å². The predicted molar refractivity (Wildman–Crippen MR) is 43.8 cm³/mol. The lowest BCUT2D eigenvalue weighted by molar-refractivity contribution is 0.664. The maximum Gasteiger partial charge on any atom is 0.0559 e. The van der Waals surface area contributed by atoms with E-state index in [1.807, 2.05) is 0 Å². The molecule has 1 aromatic rings. The molecule has 1 rings (SSSR count). The minimum absolute atomic E-state index is 0.499. The van der Waals surface area contributed by atoms with Gasteiger partial charge in [-0.05, 0) is 18.2 Å². The zero-order valence-electron chi connectivity index (χ0n) is 5.24. The Bertz CT molecular complexity index is 239. The van der Waals surface area contributed by atoms with Gasteiger partial charge in [0.15, 0.2) is 0 Å². The van der Waals surface area contributed by atoms with E-state index in [4.69, 9.17) is 16.0 Å². The van der Waals surface area contributed by atoms with Crippen LogP contribution in [0.15, 0.2) is 23.1 Å². The summed E-state index contributed by atoms with van der Waals surface area (Å²) in [5.74, 6) is 0. The van der Waals surface area contributed by atoms with E-state index in [0.29, 0.717) is 28.3 Å². The van der Waals surface area contributed by atoms with Gasteiger partial charge in [-0.25, -0.2) is 0 Å². The van der Waals surface area contributed by atoms with Crippen LogP contribution in [-0.4, -0.2) is 4.55 Å². The number of rotatable bonds is 1. The lowest BCUT2D eigenvalue weighted by Gasteiger charge is -1.99. The van der Waals surface area contributed by atoms with Gasteiger partial charge in [0.05, 0.1) is 11.4 Å². The van der Waals surface area contributed by atoms with E-state index < -0.39 is 0 Å². The molecule has 0 spiro atoms. The third kappa shape index (κ3) is 1.34. The van der Waals surface area contributed by atoms with E-state index in [9.17, 15) is 0 Å². The van der Waals surface area contributed by atoms with Crippen molar-refractivity contribution in [1.82, 2.24) is 0 Å². The number of nitrogen functional groups attached to an aromatic ring is 2. The van der Waals surface area contributed by atoms with Crippen molar-refractivity contribution < 1.29 is 4.55 Å². The summed E-state index contributed by atoms with van der Waals surface area (Å²) in [5.41, 5.74) is 11.9. The molecule has 0 saturated carbocycles. The van der Waals surface area contributed by atoms with Crippen LogP contribution in [0, 0.1) is 0 Å². The molecule has 0 radical (unpaired) electrons. The Morgan fingerprint density at radius 2 is 1.90 bits per heavy atom. The van der Waals surface area contributed by atoms with Crippen molar-refractivity contribution in [2.75, 3.05) is 11.5 Å². The molecule has 0 saturated heterocycles. The highest BCUT2D eigenvalue weighted by Gasteiger charge is 1.95. The molecule has 0 amide bonds. The average molecular weight is 156 g/mol. The van der Waals surface area contributed by atoms with Crippen LogP contribution < -0.4 is 11.5 Å². The van der Waals surface area contributed by atoms with E-state index in [2.05, 4.69) is 0 Å². The maximum absolute atomic E-state index is 8.57. The lowest BCUT2D eigenvalue weighted by Crippen LogP contribution is -1.93. The van der Waals surface area contributed by atoms with Gasteiger partial charge in [0, 0.05) is 16.9 Å². The Hall–Kier alpha value is -0.870. The highest BCUT2D eigenvalue weighted by molar-refractivity contribution is 7.93. The van der Waals surface area contributed by atoms with Crippen molar-refractivity contribution in [2.45, 2.75) is 4.90 Å². The zero-order chi connectivity index (χ0) is 7.56. The van der Waals surface area contributed by atoms with Crippen molar-refractivity contribution in [1.29, 1.82) is 0 Å². The van der Waals surface area contributed by atoms with Crippen molar-refractivity contribution in [2.24, 2.45) is 0 Å². The second-order valence-corrected chi connectivity index (χ2v) is 2.54. The summed E-state index contributed by atoms with van der Waals surface area (Å²) in [4.78, 5) is 0.701. The molecule has 0 atom stereocenters. The molecule has 0 aliphatic carbocycles. The molecule has 1 aromatic carbocycles. The summed E-state index contributed by atoms with van der Waals surface area (Å²) in [6.07, 6.45) is 0. The zero-order valence-corrected chi connectivity index (χ0v) is 6.06. The summed E-state index contributed by atoms with van der Waals surface area (Å²) < 4.78 is 8.57. The number of benzene rings is 1.